The fourth-order valence-electron chi connectivity index (χ4n) is 1.83. The van der Waals surface area contributed by atoms with E-state index in [-0.39, 0.29) is 12.5 Å². The Labute approximate surface area is 119 Å². The van der Waals surface area contributed by atoms with Crippen LogP contribution in [0.1, 0.15) is 5.82 Å². The van der Waals surface area contributed by atoms with Crippen LogP contribution in [0.25, 0.3) is 11.0 Å². The van der Waals surface area contributed by atoms with E-state index in [1.54, 1.807) is 12.1 Å². The summed E-state index contributed by atoms with van der Waals surface area (Å²) in [6.45, 7) is 0.0455. The number of hydrogen-bond donors (Lipinski definition) is 0. The fourth-order valence-corrected chi connectivity index (χ4v) is 2.20. The molecule has 2 rings (SSSR count). The Hall–Kier alpha value is -0.910. The number of fused-ring (bicyclic) bond motifs is 1. The molecule has 0 bridgehead atoms. The lowest BCUT2D eigenvalue weighted by molar-refractivity contribution is 0.0149. The largest absolute Gasteiger partial charge is 0.374 e. The van der Waals surface area contributed by atoms with Crippen LogP contribution >= 0.6 is 23.2 Å². The Balaban J connectivity index is 2.16. The number of benzene rings is 1. The zero-order valence-electron chi connectivity index (χ0n) is 9.95. The summed E-state index contributed by atoms with van der Waals surface area (Å²) in [6.07, 6.45) is -2.45. The highest BCUT2D eigenvalue weighted by Gasteiger charge is 2.10. The van der Waals surface area contributed by atoms with Gasteiger partial charge in [-0.05, 0) is 18.2 Å². The molecule has 0 spiro atoms. The van der Waals surface area contributed by atoms with Gasteiger partial charge in [0, 0.05) is 11.6 Å². The molecule has 0 saturated carbocycles. The molecular formula is C12H12Cl2F2N2O. The molecule has 19 heavy (non-hydrogen) atoms. The van der Waals surface area contributed by atoms with Gasteiger partial charge < -0.3 is 9.30 Å². The second kappa shape index (κ2) is 6.50. The predicted octanol–water partition coefficient (Wildman–Crippen LogP) is 3.71. The number of ether oxygens (including phenoxy) is 1. The molecule has 0 N–H and O–H groups in total. The Morgan fingerprint density at radius 1 is 1.37 bits per heavy atom. The number of hydrogen-bond acceptors (Lipinski definition) is 2. The van der Waals surface area contributed by atoms with Crippen molar-refractivity contribution in [1.29, 1.82) is 0 Å². The minimum absolute atomic E-state index is 0.183. The smallest absolute Gasteiger partial charge is 0.261 e. The van der Waals surface area contributed by atoms with E-state index in [4.69, 9.17) is 27.9 Å². The molecule has 1 heterocycles. The lowest BCUT2D eigenvalue weighted by Gasteiger charge is -2.08. The van der Waals surface area contributed by atoms with Gasteiger partial charge in [-0.3, -0.25) is 0 Å². The highest BCUT2D eigenvalue weighted by Crippen LogP contribution is 2.21. The lowest BCUT2D eigenvalue weighted by Crippen LogP contribution is -2.12. The third kappa shape index (κ3) is 3.55. The van der Waals surface area contributed by atoms with Gasteiger partial charge in [-0.15, -0.1) is 11.6 Å². The van der Waals surface area contributed by atoms with Gasteiger partial charge in [0.05, 0.1) is 23.5 Å². The number of rotatable bonds is 6. The summed E-state index contributed by atoms with van der Waals surface area (Å²) in [5, 5.41) is 0.590. The fraction of sp³-hybridized carbons (Fsp3) is 0.417. The first-order valence-electron chi connectivity index (χ1n) is 5.68. The van der Waals surface area contributed by atoms with E-state index >= 15 is 0 Å². The standard InChI is InChI=1S/C12H12Cl2F2N2O/c13-6-12-17-9-5-8(14)1-2-10(9)18(12)3-4-19-7-11(15)16/h1-2,5,11H,3-4,6-7H2. The van der Waals surface area contributed by atoms with Gasteiger partial charge in [0.15, 0.2) is 0 Å². The van der Waals surface area contributed by atoms with E-state index in [0.717, 1.165) is 11.0 Å². The maximum atomic E-state index is 12.0. The van der Waals surface area contributed by atoms with Crippen molar-refractivity contribution in [2.45, 2.75) is 18.9 Å². The number of halogens is 4. The van der Waals surface area contributed by atoms with Crippen molar-refractivity contribution >= 4 is 34.2 Å². The number of alkyl halides is 3. The molecule has 2 aromatic rings. The van der Waals surface area contributed by atoms with E-state index in [1.807, 2.05) is 10.6 Å². The van der Waals surface area contributed by atoms with Crippen molar-refractivity contribution < 1.29 is 13.5 Å². The van der Waals surface area contributed by atoms with Gasteiger partial charge in [0.1, 0.15) is 12.4 Å². The van der Waals surface area contributed by atoms with Crippen LogP contribution in [-0.2, 0) is 17.2 Å². The van der Waals surface area contributed by atoms with Crippen LogP contribution < -0.4 is 0 Å². The highest BCUT2D eigenvalue weighted by molar-refractivity contribution is 6.31. The molecule has 0 aliphatic rings. The van der Waals surface area contributed by atoms with Crippen molar-refractivity contribution in [2.24, 2.45) is 0 Å². The van der Waals surface area contributed by atoms with Gasteiger partial charge in [-0.2, -0.15) is 0 Å². The quantitative estimate of drug-likeness (QED) is 0.601. The topological polar surface area (TPSA) is 27.1 Å². The normalized spacial score (nSPS) is 11.6. The van der Waals surface area contributed by atoms with Crippen LogP contribution in [0.2, 0.25) is 5.02 Å². The molecular weight excluding hydrogens is 297 g/mol. The van der Waals surface area contributed by atoms with Crippen molar-refractivity contribution in [3.63, 3.8) is 0 Å². The van der Waals surface area contributed by atoms with E-state index in [0.29, 0.717) is 17.4 Å². The van der Waals surface area contributed by atoms with Gasteiger partial charge in [-0.25, -0.2) is 13.8 Å². The van der Waals surface area contributed by atoms with Crippen LogP contribution in [0.15, 0.2) is 18.2 Å². The lowest BCUT2D eigenvalue weighted by atomic mass is 10.3. The average Bonchev–Trinajstić information content (AvgIpc) is 2.71. The van der Waals surface area contributed by atoms with Crippen LogP contribution in [0.3, 0.4) is 0 Å². The van der Waals surface area contributed by atoms with Gasteiger partial charge in [0.25, 0.3) is 6.43 Å². The second-order valence-corrected chi connectivity index (χ2v) is 4.62. The molecule has 0 amide bonds. The summed E-state index contributed by atoms with van der Waals surface area (Å²) in [5.41, 5.74) is 1.60. The van der Waals surface area contributed by atoms with Crippen molar-refractivity contribution in [3.05, 3.63) is 29.0 Å². The summed E-state index contributed by atoms with van der Waals surface area (Å²) in [4.78, 5) is 4.35. The predicted molar refractivity (Wildman–Crippen MR) is 71.1 cm³/mol. The first kappa shape index (κ1) is 14.5. The monoisotopic (exact) mass is 308 g/mol. The first-order chi connectivity index (χ1) is 9.11. The van der Waals surface area contributed by atoms with Crippen LogP contribution in [-0.4, -0.2) is 29.2 Å². The number of aromatic nitrogens is 2. The SMILES string of the molecule is FC(F)COCCn1c(CCl)nc2cc(Cl)ccc21. The molecule has 1 aromatic heterocycles. The van der Waals surface area contributed by atoms with Gasteiger partial charge in [-0.1, -0.05) is 11.6 Å². The molecule has 7 heteroatoms. The summed E-state index contributed by atoms with van der Waals surface area (Å²) in [5.74, 6) is 0.904. The Morgan fingerprint density at radius 2 is 2.16 bits per heavy atom. The van der Waals surface area contributed by atoms with Gasteiger partial charge in [0.2, 0.25) is 0 Å². The minimum atomic E-state index is -2.45. The summed E-state index contributed by atoms with van der Waals surface area (Å²) in [7, 11) is 0. The molecule has 0 aliphatic heterocycles. The molecule has 0 aliphatic carbocycles. The molecule has 104 valence electrons. The van der Waals surface area contributed by atoms with Crippen LogP contribution in [0, 0.1) is 0 Å². The van der Waals surface area contributed by atoms with Crippen molar-refractivity contribution in [1.82, 2.24) is 9.55 Å². The van der Waals surface area contributed by atoms with E-state index < -0.39 is 13.0 Å². The second-order valence-electron chi connectivity index (χ2n) is 3.91. The van der Waals surface area contributed by atoms with Crippen LogP contribution in [0.4, 0.5) is 8.78 Å². The molecule has 0 fully saturated rings. The van der Waals surface area contributed by atoms with Gasteiger partial charge >= 0.3 is 0 Å². The number of imidazole rings is 1. The zero-order chi connectivity index (χ0) is 13.8. The maximum Gasteiger partial charge on any atom is 0.261 e. The van der Waals surface area contributed by atoms with Crippen molar-refractivity contribution in [3.8, 4) is 0 Å². The molecule has 0 saturated heterocycles. The minimum Gasteiger partial charge on any atom is -0.374 e. The number of nitrogens with zero attached hydrogens (tertiary/aromatic N) is 2. The maximum absolute atomic E-state index is 12.0. The third-order valence-corrected chi connectivity index (χ3v) is 3.09. The summed E-state index contributed by atoms with van der Waals surface area (Å²) < 4.78 is 30.7. The molecule has 0 radical (unpaired) electrons. The van der Waals surface area contributed by atoms with Crippen molar-refractivity contribution in [2.75, 3.05) is 13.2 Å². The molecule has 3 nitrogen and oxygen atoms in total. The van der Waals surface area contributed by atoms with E-state index in [2.05, 4.69) is 4.98 Å². The van der Waals surface area contributed by atoms with Crippen LogP contribution in [0.5, 0.6) is 0 Å². The first-order valence-corrected chi connectivity index (χ1v) is 6.59. The Kier molecular flexibility index (Phi) is 4.96. The average molecular weight is 309 g/mol. The highest BCUT2D eigenvalue weighted by atomic mass is 35.5. The Morgan fingerprint density at radius 3 is 2.84 bits per heavy atom. The zero-order valence-corrected chi connectivity index (χ0v) is 11.5. The molecule has 1 aromatic carbocycles. The summed E-state index contributed by atoms with van der Waals surface area (Å²) >= 11 is 11.7. The van der Waals surface area contributed by atoms with E-state index in [9.17, 15) is 8.78 Å². The molecule has 0 unspecified atom stereocenters. The summed E-state index contributed by atoms with van der Waals surface area (Å²) in [6, 6.07) is 5.32. The molecule has 0 atom stereocenters. The van der Waals surface area contributed by atoms with E-state index in [1.165, 1.54) is 0 Å². The Bertz CT molecular complexity index is 560. The third-order valence-electron chi connectivity index (χ3n) is 2.61.